The van der Waals surface area contributed by atoms with Gasteiger partial charge in [0.15, 0.2) is 6.17 Å². The van der Waals surface area contributed by atoms with Crippen LogP contribution in [0.5, 0.6) is 0 Å². The van der Waals surface area contributed by atoms with Gasteiger partial charge in [-0.2, -0.15) is 0 Å². The molecule has 0 spiro atoms. The van der Waals surface area contributed by atoms with Crippen LogP contribution in [0.15, 0.2) is 43.0 Å². The molecule has 1 aromatic rings. The lowest BCUT2D eigenvalue weighted by molar-refractivity contribution is 0.0295. The molecule has 0 radical (unpaired) electrons. The highest BCUT2D eigenvalue weighted by atomic mass is 19.1. The second kappa shape index (κ2) is 7.91. The third kappa shape index (κ3) is 3.84. The van der Waals surface area contributed by atoms with Crippen molar-refractivity contribution < 1.29 is 23.8 Å². The lowest BCUT2D eigenvalue weighted by Gasteiger charge is -2.22. The van der Waals surface area contributed by atoms with Crippen LogP contribution in [0.2, 0.25) is 0 Å². The number of likely N-dealkylation sites (tertiary alicyclic amines) is 1. The Balaban J connectivity index is 1.94. The Bertz CT molecular complexity index is 496. The maximum atomic E-state index is 14.2. The van der Waals surface area contributed by atoms with Crippen LogP contribution in [-0.2, 0) is 16.1 Å². The highest BCUT2D eigenvalue weighted by molar-refractivity contribution is 5.69. The molecule has 0 bridgehead atoms. The molecule has 1 amide bonds. The molecular formula is C16H20FNO4. The number of aliphatic hydroxyl groups excluding tert-OH is 1. The van der Waals surface area contributed by atoms with Crippen LogP contribution in [0.4, 0.5) is 9.18 Å². The van der Waals surface area contributed by atoms with Crippen LogP contribution >= 0.6 is 0 Å². The molecule has 1 aliphatic heterocycles. The SMILES string of the molecule is C=CCO[C@@H]1CN(C(=O)OCc2ccccc2)[C@H](CO)[C@H]1F. The first-order valence-electron chi connectivity index (χ1n) is 7.12. The third-order valence-electron chi connectivity index (χ3n) is 3.55. The highest BCUT2D eigenvalue weighted by Gasteiger charge is 2.45. The van der Waals surface area contributed by atoms with E-state index in [2.05, 4.69) is 6.58 Å². The summed E-state index contributed by atoms with van der Waals surface area (Å²) in [6.45, 7) is 3.37. The van der Waals surface area contributed by atoms with Gasteiger partial charge < -0.3 is 14.6 Å². The molecule has 1 saturated heterocycles. The van der Waals surface area contributed by atoms with Crippen LogP contribution in [0, 0.1) is 0 Å². The molecule has 22 heavy (non-hydrogen) atoms. The van der Waals surface area contributed by atoms with Gasteiger partial charge in [-0.1, -0.05) is 36.4 Å². The predicted octanol–water partition coefficient (Wildman–Crippen LogP) is 1.91. The number of benzene rings is 1. The minimum Gasteiger partial charge on any atom is -0.445 e. The van der Waals surface area contributed by atoms with E-state index in [1.54, 1.807) is 0 Å². The van der Waals surface area contributed by atoms with Crippen LogP contribution in [-0.4, -0.2) is 54.2 Å². The number of amides is 1. The third-order valence-corrected chi connectivity index (χ3v) is 3.55. The first kappa shape index (κ1) is 16.5. The zero-order chi connectivity index (χ0) is 15.9. The molecule has 3 atom stereocenters. The number of carbonyl (C=O) groups is 1. The zero-order valence-electron chi connectivity index (χ0n) is 12.2. The van der Waals surface area contributed by atoms with Gasteiger partial charge in [0.2, 0.25) is 0 Å². The summed E-state index contributed by atoms with van der Waals surface area (Å²) in [5.74, 6) is 0. The van der Waals surface area contributed by atoms with E-state index in [9.17, 15) is 14.3 Å². The molecule has 5 nitrogen and oxygen atoms in total. The number of rotatable bonds is 6. The Hall–Kier alpha value is -1.92. The molecule has 1 fully saturated rings. The Labute approximate surface area is 128 Å². The van der Waals surface area contributed by atoms with Gasteiger partial charge in [-0.3, -0.25) is 4.90 Å². The van der Waals surface area contributed by atoms with Gasteiger partial charge in [-0.25, -0.2) is 9.18 Å². The molecule has 2 rings (SSSR count). The average Bonchev–Trinajstić information content (AvgIpc) is 2.87. The van der Waals surface area contributed by atoms with Crippen molar-refractivity contribution in [1.82, 2.24) is 4.90 Å². The molecule has 1 aliphatic rings. The van der Waals surface area contributed by atoms with Gasteiger partial charge in [0.1, 0.15) is 12.7 Å². The van der Waals surface area contributed by atoms with Gasteiger partial charge in [0.05, 0.1) is 25.8 Å². The maximum absolute atomic E-state index is 14.2. The number of carbonyl (C=O) groups excluding carboxylic acids is 1. The zero-order valence-corrected chi connectivity index (χ0v) is 12.2. The van der Waals surface area contributed by atoms with Crippen molar-refractivity contribution in [3.63, 3.8) is 0 Å². The smallest absolute Gasteiger partial charge is 0.410 e. The largest absolute Gasteiger partial charge is 0.445 e. The summed E-state index contributed by atoms with van der Waals surface area (Å²) in [7, 11) is 0. The molecule has 0 aromatic heterocycles. The second-order valence-electron chi connectivity index (χ2n) is 5.05. The fourth-order valence-electron chi connectivity index (χ4n) is 2.40. The molecule has 1 aromatic carbocycles. The summed E-state index contributed by atoms with van der Waals surface area (Å²) < 4.78 is 24.6. The molecule has 0 saturated carbocycles. The summed E-state index contributed by atoms with van der Waals surface area (Å²) in [6.07, 6.45) is -1.37. The maximum Gasteiger partial charge on any atom is 0.410 e. The first-order valence-corrected chi connectivity index (χ1v) is 7.12. The monoisotopic (exact) mass is 309 g/mol. The number of aliphatic hydroxyl groups is 1. The minimum atomic E-state index is -1.45. The van der Waals surface area contributed by atoms with Crippen molar-refractivity contribution in [3.05, 3.63) is 48.6 Å². The van der Waals surface area contributed by atoms with Crippen molar-refractivity contribution in [3.8, 4) is 0 Å². The number of hydrogen-bond acceptors (Lipinski definition) is 4. The summed E-state index contributed by atoms with van der Waals surface area (Å²) in [5.41, 5.74) is 0.840. The topological polar surface area (TPSA) is 59.0 Å². The fourth-order valence-corrected chi connectivity index (χ4v) is 2.40. The Morgan fingerprint density at radius 3 is 2.82 bits per heavy atom. The summed E-state index contributed by atoms with van der Waals surface area (Å²) in [4.78, 5) is 13.3. The minimum absolute atomic E-state index is 0.0495. The molecule has 120 valence electrons. The molecule has 0 aliphatic carbocycles. The summed E-state index contributed by atoms with van der Waals surface area (Å²) in [6, 6.07) is 8.25. The average molecular weight is 309 g/mol. The first-order chi connectivity index (χ1) is 10.7. The molecule has 6 heteroatoms. The number of halogens is 1. The molecule has 0 unspecified atom stereocenters. The van der Waals surface area contributed by atoms with Crippen LogP contribution in [0.1, 0.15) is 5.56 Å². The van der Waals surface area contributed by atoms with Crippen molar-refractivity contribution in [2.24, 2.45) is 0 Å². The van der Waals surface area contributed by atoms with Crippen molar-refractivity contribution in [1.29, 1.82) is 0 Å². The number of nitrogens with zero attached hydrogens (tertiary/aromatic N) is 1. The highest BCUT2D eigenvalue weighted by Crippen LogP contribution is 2.25. The Kier molecular flexibility index (Phi) is 5.91. The van der Waals surface area contributed by atoms with Crippen LogP contribution in [0.3, 0.4) is 0 Å². The van der Waals surface area contributed by atoms with Crippen molar-refractivity contribution in [2.75, 3.05) is 19.8 Å². The van der Waals surface area contributed by atoms with E-state index in [0.717, 1.165) is 5.56 Å². The summed E-state index contributed by atoms with van der Waals surface area (Å²) in [5, 5.41) is 9.32. The van der Waals surface area contributed by atoms with Gasteiger partial charge >= 0.3 is 6.09 Å². The van der Waals surface area contributed by atoms with Crippen molar-refractivity contribution in [2.45, 2.75) is 24.9 Å². The standard InChI is InChI=1S/C16H20FNO4/c1-2-8-21-14-9-18(13(10-19)15(14)17)16(20)22-11-12-6-4-3-5-7-12/h2-7,13-15,19H,1,8-11H2/t13-,14-,15-/m1/s1. The normalized spacial score (nSPS) is 24.3. The Morgan fingerprint density at radius 1 is 1.45 bits per heavy atom. The van der Waals surface area contributed by atoms with Gasteiger partial charge in [0, 0.05) is 0 Å². The van der Waals surface area contributed by atoms with E-state index in [4.69, 9.17) is 9.47 Å². The van der Waals surface area contributed by atoms with E-state index in [1.807, 2.05) is 30.3 Å². The molecule has 1 heterocycles. The number of alkyl halides is 1. The van der Waals surface area contributed by atoms with E-state index in [1.165, 1.54) is 11.0 Å². The molecular weight excluding hydrogens is 289 g/mol. The molecule has 1 N–H and O–H groups in total. The van der Waals surface area contributed by atoms with Crippen molar-refractivity contribution >= 4 is 6.09 Å². The quantitative estimate of drug-likeness (QED) is 0.816. The van der Waals surface area contributed by atoms with E-state index >= 15 is 0 Å². The second-order valence-corrected chi connectivity index (χ2v) is 5.05. The summed E-state index contributed by atoms with van der Waals surface area (Å²) >= 11 is 0. The van der Waals surface area contributed by atoms with Gasteiger partial charge in [0.25, 0.3) is 0 Å². The number of hydrogen-bond donors (Lipinski definition) is 1. The van der Waals surface area contributed by atoms with Crippen LogP contribution in [0.25, 0.3) is 0 Å². The fraction of sp³-hybridized carbons (Fsp3) is 0.438. The van der Waals surface area contributed by atoms with Gasteiger partial charge in [-0.05, 0) is 5.56 Å². The Morgan fingerprint density at radius 2 is 2.18 bits per heavy atom. The van der Waals surface area contributed by atoms with Crippen LogP contribution < -0.4 is 0 Å². The van der Waals surface area contributed by atoms with Gasteiger partial charge in [-0.15, -0.1) is 6.58 Å². The van der Waals surface area contributed by atoms with E-state index < -0.39 is 31.0 Å². The van der Waals surface area contributed by atoms with E-state index in [0.29, 0.717) is 0 Å². The lowest BCUT2D eigenvalue weighted by Crippen LogP contribution is -2.41. The number of ether oxygens (including phenoxy) is 2. The van der Waals surface area contributed by atoms with E-state index in [-0.39, 0.29) is 19.8 Å². The lowest BCUT2D eigenvalue weighted by atomic mass is 10.2. The predicted molar refractivity (Wildman–Crippen MR) is 79.0 cm³/mol.